The molecular weight excluding hydrogens is 369 g/mol. The summed E-state index contributed by atoms with van der Waals surface area (Å²) in [4.78, 5) is 3.80. The zero-order chi connectivity index (χ0) is 17.5. The number of nitrogens with zero attached hydrogens (tertiary/aromatic N) is 4. The number of halogens is 4. The smallest absolute Gasteiger partial charge is 0.271 e. The summed E-state index contributed by atoms with van der Waals surface area (Å²) in [5, 5.41) is 6.10. The Balaban J connectivity index is 2.14. The van der Waals surface area contributed by atoms with Crippen LogP contribution in [0.5, 0.6) is 0 Å². The van der Waals surface area contributed by atoms with Gasteiger partial charge in [0.2, 0.25) is 9.84 Å². The van der Waals surface area contributed by atoms with E-state index < -0.39 is 32.5 Å². The molecule has 0 N–H and O–H groups in total. The van der Waals surface area contributed by atoms with Crippen LogP contribution in [0.1, 0.15) is 11.1 Å². The van der Waals surface area contributed by atoms with Gasteiger partial charge in [0.25, 0.3) is 5.16 Å². The number of fused-ring (bicyclic) bond motifs is 1. The minimum atomic E-state index is -4.69. The molecule has 24 heavy (non-hydrogen) atoms. The lowest BCUT2D eigenvalue weighted by Crippen LogP contribution is -2.12. The van der Waals surface area contributed by atoms with Crippen LogP contribution in [-0.4, -0.2) is 28.0 Å². The Morgan fingerprint density at radius 3 is 2.62 bits per heavy atom. The molecule has 0 aromatic carbocycles. The molecule has 0 saturated carbocycles. The topological polar surface area (TPSA) is 77.2 Å². The molecule has 0 bridgehead atoms. The molecule has 0 aliphatic heterocycles. The van der Waals surface area contributed by atoms with Crippen molar-refractivity contribution in [2.75, 3.05) is 0 Å². The Kier molecular flexibility index (Phi) is 3.96. The van der Waals surface area contributed by atoms with E-state index in [9.17, 15) is 21.6 Å². The van der Waals surface area contributed by atoms with Crippen LogP contribution in [0.25, 0.3) is 5.65 Å². The van der Waals surface area contributed by atoms with Gasteiger partial charge >= 0.3 is 6.18 Å². The molecule has 6 nitrogen and oxygen atoms in total. The monoisotopic (exact) mass is 376 g/mol. The molecule has 11 heteroatoms. The maximum Gasteiger partial charge on any atom is 0.417 e. The third kappa shape index (κ3) is 3.06. The van der Waals surface area contributed by atoms with E-state index in [4.69, 9.17) is 11.6 Å². The second kappa shape index (κ2) is 5.71. The van der Waals surface area contributed by atoms with E-state index in [1.165, 1.54) is 18.5 Å². The number of rotatable bonds is 3. The molecule has 0 aliphatic rings. The summed E-state index contributed by atoms with van der Waals surface area (Å²) in [5.41, 5.74) is -0.903. The molecule has 3 heterocycles. The standard InChI is InChI=1S/C13H8ClF3N4O2S/c14-10-4-9(13(15,16)17)6-21-11(10)19-20-12(21)24(22,23)7-8-2-1-3-18-5-8/h1-6H,7H2. The minimum Gasteiger partial charge on any atom is -0.271 e. The van der Waals surface area contributed by atoms with Gasteiger partial charge in [-0.05, 0) is 17.7 Å². The van der Waals surface area contributed by atoms with E-state index in [0.717, 1.165) is 4.40 Å². The van der Waals surface area contributed by atoms with Gasteiger partial charge in [-0.2, -0.15) is 13.2 Å². The molecular formula is C13H8ClF3N4O2S. The van der Waals surface area contributed by atoms with E-state index in [0.29, 0.717) is 17.8 Å². The van der Waals surface area contributed by atoms with Gasteiger partial charge < -0.3 is 0 Å². The molecule has 0 unspecified atom stereocenters. The van der Waals surface area contributed by atoms with Crippen LogP contribution in [0.3, 0.4) is 0 Å². The Hall–Kier alpha value is -2.20. The largest absolute Gasteiger partial charge is 0.417 e. The number of hydrogen-bond donors (Lipinski definition) is 0. The van der Waals surface area contributed by atoms with Crippen LogP contribution < -0.4 is 0 Å². The Bertz CT molecular complexity index is 1000. The van der Waals surface area contributed by atoms with E-state index in [1.54, 1.807) is 6.07 Å². The maximum atomic E-state index is 12.9. The third-order valence-electron chi connectivity index (χ3n) is 3.11. The molecule has 0 radical (unpaired) electrons. The van der Waals surface area contributed by atoms with Gasteiger partial charge in [-0.3, -0.25) is 9.38 Å². The normalized spacial score (nSPS) is 12.7. The summed E-state index contributed by atoms with van der Waals surface area (Å²) < 4.78 is 64.4. The molecule has 3 aromatic heterocycles. The van der Waals surface area contributed by atoms with Crippen molar-refractivity contribution < 1.29 is 21.6 Å². The van der Waals surface area contributed by atoms with Crippen molar-refractivity contribution in [2.45, 2.75) is 17.1 Å². The molecule has 0 spiro atoms. The zero-order valence-corrected chi connectivity index (χ0v) is 13.3. The quantitative estimate of drug-likeness (QED) is 0.702. The molecule has 0 saturated heterocycles. The average molecular weight is 377 g/mol. The number of sulfone groups is 1. The van der Waals surface area contributed by atoms with Gasteiger partial charge in [0.1, 0.15) is 0 Å². The van der Waals surface area contributed by atoms with Gasteiger partial charge in [0.15, 0.2) is 5.65 Å². The molecule has 3 rings (SSSR count). The maximum absolute atomic E-state index is 12.9. The second-order valence-corrected chi connectivity index (χ2v) is 7.16. The van der Waals surface area contributed by atoms with Gasteiger partial charge in [0, 0.05) is 18.6 Å². The Morgan fingerprint density at radius 2 is 2.00 bits per heavy atom. The molecule has 3 aromatic rings. The van der Waals surface area contributed by atoms with Gasteiger partial charge in [-0.25, -0.2) is 8.42 Å². The predicted molar refractivity (Wildman–Crippen MR) is 78.1 cm³/mol. The summed E-state index contributed by atoms with van der Waals surface area (Å²) >= 11 is 5.76. The number of pyridine rings is 2. The van der Waals surface area contributed by atoms with Crippen LogP contribution in [0.2, 0.25) is 5.02 Å². The van der Waals surface area contributed by atoms with Crippen LogP contribution in [0.4, 0.5) is 13.2 Å². The summed E-state index contributed by atoms with van der Waals surface area (Å²) in [5.74, 6) is -0.477. The summed E-state index contributed by atoms with van der Waals surface area (Å²) in [6.45, 7) is 0. The fourth-order valence-electron chi connectivity index (χ4n) is 2.07. The lowest BCUT2D eigenvalue weighted by atomic mass is 10.3. The van der Waals surface area contributed by atoms with Crippen LogP contribution in [0, 0.1) is 0 Å². The molecule has 0 aliphatic carbocycles. The first-order chi connectivity index (χ1) is 11.2. The van der Waals surface area contributed by atoms with Crippen molar-refractivity contribution in [3.63, 3.8) is 0 Å². The van der Waals surface area contributed by atoms with Crippen molar-refractivity contribution in [2.24, 2.45) is 0 Å². The first-order valence-corrected chi connectivity index (χ1v) is 8.44. The third-order valence-corrected chi connectivity index (χ3v) is 4.94. The van der Waals surface area contributed by atoms with Crippen molar-refractivity contribution >= 4 is 27.1 Å². The Labute approximate surface area is 138 Å². The molecule has 126 valence electrons. The van der Waals surface area contributed by atoms with Crippen molar-refractivity contribution in [1.82, 2.24) is 19.6 Å². The first-order valence-electron chi connectivity index (χ1n) is 6.41. The highest BCUT2D eigenvalue weighted by molar-refractivity contribution is 7.90. The summed E-state index contributed by atoms with van der Waals surface area (Å²) in [6, 6.07) is 3.75. The highest BCUT2D eigenvalue weighted by atomic mass is 35.5. The zero-order valence-electron chi connectivity index (χ0n) is 11.7. The predicted octanol–water partition coefficient (Wildman–Crippen LogP) is 2.77. The van der Waals surface area contributed by atoms with E-state index in [2.05, 4.69) is 15.2 Å². The summed E-state index contributed by atoms with van der Waals surface area (Å²) in [7, 11) is -4.05. The van der Waals surface area contributed by atoms with E-state index >= 15 is 0 Å². The second-order valence-electron chi connectivity index (χ2n) is 4.87. The SMILES string of the molecule is O=S(=O)(Cc1cccnc1)c1nnc2c(Cl)cc(C(F)(F)F)cn12. The average Bonchev–Trinajstić information content (AvgIpc) is 2.92. The van der Waals surface area contributed by atoms with Crippen LogP contribution in [-0.2, 0) is 21.8 Å². The van der Waals surface area contributed by atoms with Crippen LogP contribution in [0.15, 0.2) is 41.9 Å². The van der Waals surface area contributed by atoms with Crippen molar-refractivity contribution in [1.29, 1.82) is 0 Å². The number of hydrogen-bond acceptors (Lipinski definition) is 5. The Morgan fingerprint density at radius 1 is 1.25 bits per heavy atom. The molecule has 0 fully saturated rings. The van der Waals surface area contributed by atoms with E-state index in [-0.39, 0.29) is 10.7 Å². The first kappa shape index (κ1) is 16.7. The molecule has 0 amide bonds. The van der Waals surface area contributed by atoms with Crippen LogP contribution >= 0.6 is 11.6 Å². The van der Waals surface area contributed by atoms with E-state index in [1.807, 2.05) is 0 Å². The summed E-state index contributed by atoms with van der Waals surface area (Å²) in [6.07, 6.45) is -1.27. The number of alkyl halides is 3. The van der Waals surface area contributed by atoms with Gasteiger partial charge in [-0.15, -0.1) is 10.2 Å². The fourth-order valence-corrected chi connectivity index (χ4v) is 3.66. The highest BCUT2D eigenvalue weighted by Gasteiger charge is 2.33. The minimum absolute atomic E-state index is 0.172. The van der Waals surface area contributed by atoms with Crippen molar-refractivity contribution in [3.05, 3.63) is 52.9 Å². The van der Waals surface area contributed by atoms with Gasteiger partial charge in [-0.1, -0.05) is 17.7 Å². The fraction of sp³-hybridized carbons (Fsp3) is 0.154. The lowest BCUT2D eigenvalue weighted by molar-refractivity contribution is -0.137. The van der Waals surface area contributed by atoms with Crippen molar-refractivity contribution in [3.8, 4) is 0 Å². The molecule has 0 atom stereocenters. The van der Waals surface area contributed by atoms with Gasteiger partial charge in [0.05, 0.1) is 16.3 Å². The lowest BCUT2D eigenvalue weighted by Gasteiger charge is -2.09. The number of aromatic nitrogens is 4. The highest BCUT2D eigenvalue weighted by Crippen LogP contribution is 2.32.